The first kappa shape index (κ1) is 18.9. The second-order valence-electron chi connectivity index (χ2n) is 8.52. The van der Waals surface area contributed by atoms with E-state index in [1.165, 1.54) is 53.2 Å². The molecule has 0 amide bonds. The Kier molecular flexibility index (Phi) is 5.02. The second kappa shape index (κ2) is 7.97. The Morgan fingerprint density at radius 1 is 1.00 bits per heavy atom. The van der Waals surface area contributed by atoms with Gasteiger partial charge in [-0.3, -0.25) is 4.90 Å². The van der Waals surface area contributed by atoms with Gasteiger partial charge < -0.3 is 4.57 Å². The maximum absolute atomic E-state index is 9.19. The summed E-state index contributed by atoms with van der Waals surface area (Å²) in [5.41, 5.74) is 4.68. The van der Waals surface area contributed by atoms with E-state index in [9.17, 15) is 5.26 Å². The minimum Gasteiger partial charge on any atom is -0.348 e. The van der Waals surface area contributed by atoms with Crippen LogP contribution in [0.5, 0.6) is 0 Å². The van der Waals surface area contributed by atoms with Gasteiger partial charge in [-0.05, 0) is 72.1 Å². The molecule has 0 bridgehead atoms. The molecule has 4 aromatic rings. The van der Waals surface area contributed by atoms with Crippen LogP contribution in [0.4, 0.5) is 0 Å². The molecule has 0 radical (unpaired) electrons. The van der Waals surface area contributed by atoms with E-state index in [4.69, 9.17) is 0 Å². The van der Waals surface area contributed by atoms with Crippen molar-refractivity contribution in [2.75, 3.05) is 6.54 Å². The van der Waals surface area contributed by atoms with Crippen molar-refractivity contribution in [1.29, 1.82) is 5.26 Å². The fraction of sp³-hybridized carbons (Fsp3) is 0.296. The van der Waals surface area contributed by atoms with Gasteiger partial charge in [0.2, 0.25) is 0 Å². The normalized spacial score (nSPS) is 17.0. The Balaban J connectivity index is 1.32. The third-order valence-corrected chi connectivity index (χ3v) is 6.76. The molecule has 3 heteroatoms. The van der Waals surface area contributed by atoms with Crippen LogP contribution in [0.3, 0.4) is 0 Å². The van der Waals surface area contributed by atoms with E-state index in [0.29, 0.717) is 6.04 Å². The lowest BCUT2D eigenvalue weighted by Gasteiger charge is -2.25. The van der Waals surface area contributed by atoms with Gasteiger partial charge >= 0.3 is 0 Å². The molecular formula is C27H27N3. The standard InChI is InChI=1S/C27H27N3/c1-29-25(17-22-12-11-20(18-28)16-27(22)29)14-13-24-9-5-15-30(24)19-23-8-4-7-21-6-2-3-10-26(21)23/h2-4,6-8,10-12,16-17,24H,5,9,13-15,19H2,1H3/t24-/m0/s1. The van der Waals surface area contributed by atoms with E-state index in [0.717, 1.165) is 24.0 Å². The summed E-state index contributed by atoms with van der Waals surface area (Å²) in [7, 11) is 2.13. The van der Waals surface area contributed by atoms with E-state index in [1.807, 2.05) is 12.1 Å². The van der Waals surface area contributed by atoms with Gasteiger partial charge in [-0.15, -0.1) is 0 Å². The number of hydrogen-bond donors (Lipinski definition) is 0. The van der Waals surface area contributed by atoms with E-state index in [2.05, 4.69) is 77.2 Å². The minimum absolute atomic E-state index is 0.636. The molecule has 5 rings (SSSR count). The van der Waals surface area contributed by atoms with Crippen LogP contribution in [0.15, 0.2) is 66.7 Å². The van der Waals surface area contributed by atoms with Gasteiger partial charge in [0.1, 0.15) is 0 Å². The Hall–Kier alpha value is -3.09. The molecule has 0 N–H and O–H groups in total. The average Bonchev–Trinajstić information content (AvgIpc) is 3.36. The zero-order valence-corrected chi connectivity index (χ0v) is 17.5. The molecule has 1 atom stereocenters. The minimum atomic E-state index is 0.636. The molecule has 2 heterocycles. The van der Waals surface area contributed by atoms with Crippen LogP contribution in [0.25, 0.3) is 21.7 Å². The first-order valence-electron chi connectivity index (χ1n) is 10.9. The predicted octanol–water partition coefficient (Wildman–Crippen LogP) is 5.80. The third-order valence-electron chi connectivity index (χ3n) is 6.76. The fourth-order valence-corrected chi connectivity index (χ4v) is 5.09. The van der Waals surface area contributed by atoms with Crippen LogP contribution in [0.1, 0.15) is 36.1 Å². The van der Waals surface area contributed by atoms with Crippen LogP contribution in [-0.2, 0) is 20.0 Å². The number of likely N-dealkylation sites (tertiary alicyclic amines) is 1. The van der Waals surface area contributed by atoms with Crippen molar-refractivity contribution in [3.8, 4) is 6.07 Å². The number of aryl methyl sites for hydroxylation is 2. The zero-order chi connectivity index (χ0) is 20.5. The van der Waals surface area contributed by atoms with Gasteiger partial charge in [0.25, 0.3) is 0 Å². The first-order valence-corrected chi connectivity index (χ1v) is 10.9. The zero-order valence-electron chi connectivity index (χ0n) is 17.5. The molecule has 1 aromatic heterocycles. The van der Waals surface area contributed by atoms with Crippen molar-refractivity contribution in [2.45, 2.75) is 38.3 Å². The number of fused-ring (bicyclic) bond motifs is 2. The van der Waals surface area contributed by atoms with Crippen LogP contribution < -0.4 is 0 Å². The molecule has 3 aromatic carbocycles. The first-order chi connectivity index (χ1) is 14.7. The summed E-state index contributed by atoms with van der Waals surface area (Å²) >= 11 is 0. The highest BCUT2D eigenvalue weighted by molar-refractivity contribution is 5.85. The fourth-order valence-electron chi connectivity index (χ4n) is 5.09. The summed E-state index contributed by atoms with van der Waals surface area (Å²) in [6.45, 7) is 2.22. The Morgan fingerprint density at radius 3 is 2.77 bits per heavy atom. The molecule has 0 aliphatic carbocycles. The summed E-state index contributed by atoms with van der Waals surface area (Å²) < 4.78 is 2.26. The highest BCUT2D eigenvalue weighted by Crippen LogP contribution is 2.28. The van der Waals surface area contributed by atoms with Crippen molar-refractivity contribution < 1.29 is 0 Å². The van der Waals surface area contributed by atoms with Crippen LogP contribution in [-0.4, -0.2) is 22.1 Å². The highest BCUT2D eigenvalue weighted by atomic mass is 15.2. The molecule has 3 nitrogen and oxygen atoms in total. The lowest BCUT2D eigenvalue weighted by atomic mass is 10.0. The van der Waals surface area contributed by atoms with Crippen molar-refractivity contribution in [3.05, 3.63) is 83.6 Å². The van der Waals surface area contributed by atoms with Crippen molar-refractivity contribution in [3.63, 3.8) is 0 Å². The van der Waals surface area contributed by atoms with E-state index < -0.39 is 0 Å². The highest BCUT2D eigenvalue weighted by Gasteiger charge is 2.25. The maximum atomic E-state index is 9.19. The van der Waals surface area contributed by atoms with Crippen LogP contribution in [0, 0.1) is 11.3 Å². The number of hydrogen-bond acceptors (Lipinski definition) is 2. The SMILES string of the molecule is Cn1c(CC[C@@H]2CCCN2Cc2cccc3ccccc23)cc2ccc(C#N)cc21. The molecule has 1 saturated heterocycles. The smallest absolute Gasteiger partial charge is 0.0992 e. The lowest BCUT2D eigenvalue weighted by molar-refractivity contribution is 0.235. The second-order valence-corrected chi connectivity index (χ2v) is 8.52. The molecule has 1 aliphatic rings. The van der Waals surface area contributed by atoms with Gasteiger partial charge in [0, 0.05) is 30.8 Å². The van der Waals surface area contributed by atoms with Crippen LogP contribution >= 0.6 is 0 Å². The Labute approximate surface area is 178 Å². The molecule has 0 saturated carbocycles. The molecule has 0 spiro atoms. The van der Waals surface area contributed by atoms with Gasteiger partial charge in [0.15, 0.2) is 0 Å². The van der Waals surface area contributed by atoms with Crippen molar-refractivity contribution in [1.82, 2.24) is 9.47 Å². The van der Waals surface area contributed by atoms with Crippen LogP contribution in [0.2, 0.25) is 0 Å². The quantitative estimate of drug-likeness (QED) is 0.429. The molecule has 30 heavy (non-hydrogen) atoms. The van der Waals surface area contributed by atoms with Gasteiger partial charge in [0.05, 0.1) is 11.6 Å². The van der Waals surface area contributed by atoms with E-state index in [1.54, 1.807) is 0 Å². The van der Waals surface area contributed by atoms with Crippen molar-refractivity contribution >= 4 is 21.7 Å². The average molecular weight is 394 g/mol. The predicted molar refractivity (Wildman–Crippen MR) is 123 cm³/mol. The number of aromatic nitrogens is 1. The Bertz CT molecular complexity index is 1240. The summed E-state index contributed by atoms with van der Waals surface area (Å²) in [5.74, 6) is 0. The van der Waals surface area contributed by atoms with Gasteiger partial charge in [-0.1, -0.05) is 48.5 Å². The van der Waals surface area contributed by atoms with Gasteiger partial charge in [-0.2, -0.15) is 5.26 Å². The van der Waals surface area contributed by atoms with E-state index in [-0.39, 0.29) is 0 Å². The topological polar surface area (TPSA) is 32.0 Å². The monoisotopic (exact) mass is 393 g/mol. The lowest BCUT2D eigenvalue weighted by Crippen LogP contribution is -2.29. The molecule has 1 fully saturated rings. The number of benzene rings is 3. The van der Waals surface area contributed by atoms with E-state index >= 15 is 0 Å². The molecule has 150 valence electrons. The Morgan fingerprint density at radius 2 is 1.87 bits per heavy atom. The molecular weight excluding hydrogens is 366 g/mol. The molecule has 1 aliphatic heterocycles. The molecule has 0 unspecified atom stereocenters. The maximum Gasteiger partial charge on any atom is 0.0992 e. The number of nitriles is 1. The van der Waals surface area contributed by atoms with Gasteiger partial charge in [-0.25, -0.2) is 0 Å². The summed E-state index contributed by atoms with van der Waals surface area (Å²) in [4.78, 5) is 2.68. The summed E-state index contributed by atoms with van der Waals surface area (Å²) in [5, 5.41) is 13.1. The summed E-state index contributed by atoms with van der Waals surface area (Å²) in [6.07, 6.45) is 4.83. The number of rotatable bonds is 5. The summed E-state index contributed by atoms with van der Waals surface area (Å²) in [6, 6.07) is 26.6. The van der Waals surface area contributed by atoms with Crippen molar-refractivity contribution in [2.24, 2.45) is 7.05 Å². The third kappa shape index (κ3) is 3.49. The largest absolute Gasteiger partial charge is 0.348 e. The number of nitrogens with zero attached hydrogens (tertiary/aromatic N) is 3.